The SMILES string of the molecule is Cc1cc(Oc2ncccn2)ccc1NC(=O)C1CCCN(C(=O)c2cccc3ccccc23)C1. The van der Waals surface area contributed by atoms with Crippen LogP contribution in [0.25, 0.3) is 10.8 Å². The van der Waals surface area contributed by atoms with Crippen LogP contribution >= 0.6 is 0 Å². The number of nitrogens with one attached hydrogen (secondary N) is 1. The van der Waals surface area contributed by atoms with Crippen molar-refractivity contribution in [2.45, 2.75) is 19.8 Å². The molecule has 3 aromatic carbocycles. The number of nitrogens with zero attached hydrogens (tertiary/aromatic N) is 3. The molecule has 0 spiro atoms. The lowest BCUT2D eigenvalue weighted by Crippen LogP contribution is -2.43. The number of benzene rings is 3. The molecule has 0 saturated carbocycles. The fourth-order valence-corrected chi connectivity index (χ4v) is 4.48. The Morgan fingerprint density at radius 1 is 1.00 bits per heavy atom. The van der Waals surface area contributed by atoms with Crippen molar-refractivity contribution in [1.29, 1.82) is 0 Å². The number of likely N-dealkylation sites (tertiary alicyclic amines) is 1. The van der Waals surface area contributed by atoms with E-state index in [9.17, 15) is 9.59 Å². The maximum absolute atomic E-state index is 13.4. The Hall–Kier alpha value is -4.26. The van der Waals surface area contributed by atoms with Gasteiger partial charge in [0.05, 0.1) is 5.92 Å². The minimum Gasteiger partial charge on any atom is -0.424 e. The van der Waals surface area contributed by atoms with E-state index in [1.54, 1.807) is 29.4 Å². The molecule has 2 heterocycles. The van der Waals surface area contributed by atoms with Crippen molar-refractivity contribution < 1.29 is 14.3 Å². The van der Waals surface area contributed by atoms with Crippen molar-refractivity contribution >= 4 is 28.3 Å². The molecule has 1 aliphatic heterocycles. The minimum absolute atomic E-state index is 0.0277. The summed E-state index contributed by atoms with van der Waals surface area (Å²) in [5.41, 5.74) is 2.26. The number of hydrogen-bond donors (Lipinski definition) is 1. The molecule has 1 atom stereocenters. The van der Waals surface area contributed by atoms with Crippen LogP contribution in [0.15, 0.2) is 79.1 Å². The second kappa shape index (κ2) is 9.93. The monoisotopic (exact) mass is 466 g/mol. The van der Waals surface area contributed by atoms with Crippen LogP contribution in [0.1, 0.15) is 28.8 Å². The molecule has 35 heavy (non-hydrogen) atoms. The Balaban J connectivity index is 1.26. The molecule has 1 saturated heterocycles. The van der Waals surface area contributed by atoms with Crippen molar-refractivity contribution in [3.8, 4) is 11.8 Å². The average Bonchev–Trinajstić information content (AvgIpc) is 2.90. The number of anilines is 1. The highest BCUT2D eigenvalue weighted by Gasteiger charge is 2.29. The predicted molar refractivity (Wildman–Crippen MR) is 134 cm³/mol. The second-order valence-corrected chi connectivity index (χ2v) is 8.72. The lowest BCUT2D eigenvalue weighted by atomic mass is 9.95. The first-order valence-electron chi connectivity index (χ1n) is 11.7. The van der Waals surface area contributed by atoms with E-state index < -0.39 is 0 Å². The molecule has 7 nitrogen and oxygen atoms in total. The van der Waals surface area contributed by atoms with Crippen LogP contribution in [0, 0.1) is 12.8 Å². The van der Waals surface area contributed by atoms with Crippen LogP contribution in [0.4, 0.5) is 5.69 Å². The van der Waals surface area contributed by atoms with Gasteiger partial charge in [-0.3, -0.25) is 9.59 Å². The van der Waals surface area contributed by atoms with Gasteiger partial charge in [0, 0.05) is 36.7 Å². The highest BCUT2D eigenvalue weighted by Crippen LogP contribution is 2.27. The number of hydrogen-bond acceptors (Lipinski definition) is 5. The number of ether oxygens (including phenoxy) is 1. The highest BCUT2D eigenvalue weighted by molar-refractivity contribution is 6.07. The van der Waals surface area contributed by atoms with Crippen LogP contribution in [0.3, 0.4) is 0 Å². The van der Waals surface area contributed by atoms with Crippen molar-refractivity contribution in [3.05, 3.63) is 90.3 Å². The maximum Gasteiger partial charge on any atom is 0.321 e. The van der Waals surface area contributed by atoms with Crippen molar-refractivity contribution in [1.82, 2.24) is 14.9 Å². The number of piperidine rings is 1. The van der Waals surface area contributed by atoms with Gasteiger partial charge in [0.1, 0.15) is 5.75 Å². The van der Waals surface area contributed by atoms with Gasteiger partial charge >= 0.3 is 6.01 Å². The van der Waals surface area contributed by atoms with Gasteiger partial charge in [0.15, 0.2) is 0 Å². The average molecular weight is 467 g/mol. The van der Waals surface area contributed by atoms with E-state index in [4.69, 9.17) is 4.74 Å². The van der Waals surface area contributed by atoms with E-state index >= 15 is 0 Å². The number of aryl methyl sites for hydroxylation is 1. The third-order valence-corrected chi connectivity index (χ3v) is 6.31. The normalized spacial score (nSPS) is 15.6. The standard InChI is InChI=1S/C28H26N4O3/c1-19-17-22(35-28-29-14-6-15-30-28)12-13-25(19)31-26(33)21-9-5-16-32(18-21)27(34)24-11-4-8-20-7-2-3-10-23(20)24/h2-4,6-8,10-15,17,21H,5,9,16,18H2,1H3,(H,31,33). The van der Waals surface area contributed by atoms with Gasteiger partial charge in [-0.05, 0) is 66.4 Å². The molecule has 2 amide bonds. The molecule has 176 valence electrons. The largest absolute Gasteiger partial charge is 0.424 e. The van der Waals surface area contributed by atoms with Gasteiger partial charge in [-0.1, -0.05) is 36.4 Å². The summed E-state index contributed by atoms with van der Waals surface area (Å²) in [6.07, 6.45) is 4.76. The Bertz CT molecular complexity index is 1370. The summed E-state index contributed by atoms with van der Waals surface area (Å²) in [5.74, 6) is 0.218. The summed E-state index contributed by atoms with van der Waals surface area (Å²) in [6.45, 7) is 2.96. The van der Waals surface area contributed by atoms with E-state index in [-0.39, 0.29) is 23.7 Å². The van der Waals surface area contributed by atoms with Crippen LogP contribution in [-0.2, 0) is 4.79 Å². The lowest BCUT2D eigenvalue weighted by Gasteiger charge is -2.32. The molecule has 4 aromatic rings. The molecule has 1 aromatic heterocycles. The zero-order chi connectivity index (χ0) is 24.2. The van der Waals surface area contributed by atoms with Gasteiger partial charge in [0.25, 0.3) is 5.91 Å². The maximum atomic E-state index is 13.4. The Morgan fingerprint density at radius 3 is 2.63 bits per heavy atom. The van der Waals surface area contributed by atoms with Crippen LogP contribution in [0.2, 0.25) is 0 Å². The smallest absolute Gasteiger partial charge is 0.321 e. The Labute approximate surface area is 203 Å². The summed E-state index contributed by atoms with van der Waals surface area (Å²) in [6, 6.07) is 21.1. The van der Waals surface area contributed by atoms with E-state index in [0.29, 0.717) is 30.1 Å². The summed E-state index contributed by atoms with van der Waals surface area (Å²) >= 11 is 0. The van der Waals surface area contributed by atoms with Gasteiger partial charge in [-0.2, -0.15) is 0 Å². The van der Waals surface area contributed by atoms with E-state index in [1.807, 2.05) is 61.5 Å². The molecule has 1 unspecified atom stereocenters. The number of carbonyl (C=O) groups is 2. The van der Waals surface area contributed by atoms with Crippen molar-refractivity contribution in [2.24, 2.45) is 5.92 Å². The summed E-state index contributed by atoms with van der Waals surface area (Å²) in [4.78, 5) is 36.4. The van der Waals surface area contributed by atoms with Crippen molar-refractivity contribution in [3.63, 3.8) is 0 Å². The van der Waals surface area contributed by atoms with Gasteiger partial charge in [-0.15, -0.1) is 0 Å². The third kappa shape index (κ3) is 4.99. The van der Waals surface area contributed by atoms with Crippen LogP contribution < -0.4 is 10.1 Å². The quantitative estimate of drug-likeness (QED) is 0.436. The molecular formula is C28H26N4O3. The number of amides is 2. The summed E-state index contributed by atoms with van der Waals surface area (Å²) < 4.78 is 5.67. The molecule has 0 bridgehead atoms. The fraction of sp³-hybridized carbons (Fsp3) is 0.214. The molecule has 1 fully saturated rings. The molecule has 5 rings (SSSR count). The lowest BCUT2D eigenvalue weighted by molar-refractivity contribution is -0.121. The first-order chi connectivity index (χ1) is 17.1. The van der Waals surface area contributed by atoms with E-state index in [0.717, 1.165) is 29.2 Å². The third-order valence-electron chi connectivity index (χ3n) is 6.31. The van der Waals surface area contributed by atoms with Gasteiger partial charge in [-0.25, -0.2) is 9.97 Å². The Kier molecular flexibility index (Phi) is 6.39. The minimum atomic E-state index is -0.268. The predicted octanol–water partition coefficient (Wildman–Crippen LogP) is 5.22. The first-order valence-corrected chi connectivity index (χ1v) is 11.7. The number of rotatable bonds is 5. The number of aromatic nitrogens is 2. The highest BCUT2D eigenvalue weighted by atomic mass is 16.5. The second-order valence-electron chi connectivity index (χ2n) is 8.72. The molecule has 1 aliphatic rings. The topological polar surface area (TPSA) is 84.4 Å². The fourth-order valence-electron chi connectivity index (χ4n) is 4.48. The van der Waals surface area contributed by atoms with E-state index in [2.05, 4.69) is 15.3 Å². The van der Waals surface area contributed by atoms with Gasteiger partial charge in [0.2, 0.25) is 5.91 Å². The van der Waals surface area contributed by atoms with E-state index in [1.165, 1.54) is 0 Å². The Morgan fingerprint density at radius 2 is 1.80 bits per heavy atom. The van der Waals surface area contributed by atoms with Crippen molar-refractivity contribution in [2.75, 3.05) is 18.4 Å². The molecule has 0 aliphatic carbocycles. The van der Waals surface area contributed by atoms with Gasteiger partial charge < -0.3 is 15.0 Å². The number of fused-ring (bicyclic) bond motifs is 1. The van der Waals surface area contributed by atoms with Crippen LogP contribution in [-0.4, -0.2) is 39.8 Å². The molecule has 7 heteroatoms. The zero-order valence-electron chi connectivity index (χ0n) is 19.5. The molecule has 1 N–H and O–H groups in total. The number of carbonyl (C=O) groups excluding carboxylic acids is 2. The molecule has 0 radical (unpaired) electrons. The van der Waals surface area contributed by atoms with Crippen LogP contribution in [0.5, 0.6) is 11.8 Å². The summed E-state index contributed by atoms with van der Waals surface area (Å²) in [7, 11) is 0. The zero-order valence-corrected chi connectivity index (χ0v) is 19.5. The first kappa shape index (κ1) is 22.5. The summed E-state index contributed by atoms with van der Waals surface area (Å²) in [5, 5.41) is 5.01. The molecular weight excluding hydrogens is 440 g/mol.